The predicted octanol–water partition coefficient (Wildman–Crippen LogP) is 1.89. The van der Waals surface area contributed by atoms with Crippen LogP contribution < -0.4 is 10.0 Å². The molecule has 0 heterocycles. The summed E-state index contributed by atoms with van der Waals surface area (Å²) in [6.07, 6.45) is 0. The van der Waals surface area contributed by atoms with Gasteiger partial charge in [0.15, 0.2) is 0 Å². The lowest BCUT2D eigenvalue weighted by Crippen LogP contribution is -2.22. The normalized spacial score (nSPS) is 12.7. The summed E-state index contributed by atoms with van der Waals surface area (Å²) >= 11 is 5.62. The minimum absolute atomic E-state index is 0.0588. The number of rotatable bonds is 8. The topological polar surface area (TPSA) is 84.5 Å². The number of carbonyl (C=O) groups excluding carboxylic acids is 1. The first-order valence-electron chi connectivity index (χ1n) is 6.31. The van der Waals surface area contributed by atoms with Crippen LogP contribution in [-0.4, -0.2) is 39.7 Å². The van der Waals surface area contributed by atoms with E-state index in [0.717, 1.165) is 0 Å². The van der Waals surface area contributed by atoms with E-state index in [1.165, 1.54) is 13.2 Å². The van der Waals surface area contributed by atoms with Crippen LogP contribution in [0.4, 0.5) is 11.4 Å². The highest BCUT2D eigenvalue weighted by atomic mass is 35.5. The molecule has 0 aliphatic rings. The van der Waals surface area contributed by atoms with E-state index in [2.05, 4.69) is 10.0 Å². The Morgan fingerprint density at radius 2 is 2.05 bits per heavy atom. The second kappa shape index (κ2) is 8.21. The molecule has 0 saturated carbocycles. The van der Waals surface area contributed by atoms with E-state index in [0.29, 0.717) is 11.4 Å². The quantitative estimate of drug-likeness (QED) is 0.711. The Kier molecular flexibility index (Phi) is 6.94. The van der Waals surface area contributed by atoms with Gasteiger partial charge in [0.2, 0.25) is 15.9 Å². The number of halogens is 1. The molecule has 1 aromatic carbocycles. The van der Waals surface area contributed by atoms with Crippen LogP contribution in [0.2, 0.25) is 0 Å². The molecule has 1 amide bonds. The average Bonchev–Trinajstić information content (AvgIpc) is 2.37. The van der Waals surface area contributed by atoms with Crippen LogP contribution in [0.5, 0.6) is 0 Å². The van der Waals surface area contributed by atoms with Gasteiger partial charge in [0.25, 0.3) is 0 Å². The number of anilines is 2. The fourth-order valence-electron chi connectivity index (χ4n) is 1.63. The van der Waals surface area contributed by atoms with Crippen molar-refractivity contribution in [2.24, 2.45) is 5.92 Å². The molecule has 0 fully saturated rings. The average molecular weight is 335 g/mol. The van der Waals surface area contributed by atoms with Crippen molar-refractivity contribution in [1.29, 1.82) is 0 Å². The van der Waals surface area contributed by atoms with E-state index >= 15 is 0 Å². The highest BCUT2D eigenvalue weighted by molar-refractivity contribution is 7.92. The molecular weight excluding hydrogens is 316 g/mol. The molecule has 0 radical (unpaired) electrons. The van der Waals surface area contributed by atoms with Crippen molar-refractivity contribution in [2.45, 2.75) is 6.92 Å². The van der Waals surface area contributed by atoms with Gasteiger partial charge in [0.1, 0.15) is 6.61 Å². The van der Waals surface area contributed by atoms with E-state index < -0.39 is 10.0 Å². The first kappa shape index (κ1) is 17.7. The van der Waals surface area contributed by atoms with Crippen molar-refractivity contribution in [3.8, 4) is 0 Å². The second-order valence-electron chi connectivity index (χ2n) is 4.70. The van der Waals surface area contributed by atoms with Gasteiger partial charge in [-0.2, -0.15) is 0 Å². The lowest BCUT2D eigenvalue weighted by atomic mass is 10.3. The van der Waals surface area contributed by atoms with Crippen molar-refractivity contribution < 1.29 is 17.9 Å². The Morgan fingerprint density at radius 1 is 1.38 bits per heavy atom. The Hall–Kier alpha value is -1.31. The largest absolute Gasteiger partial charge is 0.375 e. The molecule has 0 spiro atoms. The van der Waals surface area contributed by atoms with Crippen molar-refractivity contribution in [3.05, 3.63) is 24.3 Å². The highest BCUT2D eigenvalue weighted by Gasteiger charge is 2.15. The maximum absolute atomic E-state index is 11.9. The number of nitrogens with one attached hydrogen (secondary N) is 2. The van der Waals surface area contributed by atoms with Gasteiger partial charge < -0.3 is 10.1 Å². The van der Waals surface area contributed by atoms with Gasteiger partial charge in [0.05, 0.1) is 11.4 Å². The van der Waals surface area contributed by atoms with Crippen LogP contribution in [0.1, 0.15) is 6.92 Å². The maximum atomic E-state index is 11.9. The minimum atomic E-state index is -3.47. The van der Waals surface area contributed by atoms with Crippen LogP contribution in [-0.2, 0) is 19.6 Å². The Bertz CT molecular complexity index is 577. The zero-order valence-electron chi connectivity index (χ0n) is 11.9. The summed E-state index contributed by atoms with van der Waals surface area (Å²) in [5.74, 6) is -0.243. The summed E-state index contributed by atoms with van der Waals surface area (Å²) in [4.78, 5) is 11.4. The van der Waals surface area contributed by atoms with Crippen molar-refractivity contribution in [3.63, 3.8) is 0 Å². The molecule has 0 aromatic heterocycles. The molecule has 1 aromatic rings. The molecule has 0 saturated heterocycles. The van der Waals surface area contributed by atoms with Crippen molar-refractivity contribution >= 4 is 38.9 Å². The third-order valence-corrected chi connectivity index (χ3v) is 4.54. The standard InChI is InChI=1S/C13H19ClN2O4S/c1-10(7-14)9-21(18,19)16-12-5-3-4-11(6-12)15-13(17)8-20-2/h3-6,10,16H,7-9H2,1-2H3,(H,15,17). The number of benzene rings is 1. The monoisotopic (exact) mass is 334 g/mol. The van der Waals surface area contributed by atoms with Crippen LogP contribution in [0.15, 0.2) is 24.3 Å². The van der Waals surface area contributed by atoms with Gasteiger partial charge in [-0.25, -0.2) is 8.42 Å². The molecule has 2 N–H and O–H groups in total. The van der Waals surface area contributed by atoms with Crippen LogP contribution in [0.3, 0.4) is 0 Å². The molecule has 0 aliphatic carbocycles. The van der Waals surface area contributed by atoms with Crippen molar-refractivity contribution in [2.75, 3.05) is 35.4 Å². The smallest absolute Gasteiger partial charge is 0.250 e. The second-order valence-corrected chi connectivity index (χ2v) is 6.78. The third kappa shape index (κ3) is 6.79. The Labute approximate surface area is 129 Å². The van der Waals surface area contributed by atoms with Gasteiger partial charge in [-0.1, -0.05) is 13.0 Å². The molecular formula is C13H19ClN2O4S. The van der Waals surface area contributed by atoms with Crippen LogP contribution in [0.25, 0.3) is 0 Å². The molecule has 1 atom stereocenters. The number of carbonyl (C=O) groups is 1. The van der Waals surface area contributed by atoms with Gasteiger partial charge in [0, 0.05) is 18.7 Å². The molecule has 6 nitrogen and oxygen atoms in total. The van der Waals surface area contributed by atoms with E-state index in [9.17, 15) is 13.2 Å². The number of alkyl halides is 1. The zero-order valence-corrected chi connectivity index (χ0v) is 13.5. The first-order valence-corrected chi connectivity index (χ1v) is 8.50. The maximum Gasteiger partial charge on any atom is 0.250 e. The molecule has 1 unspecified atom stereocenters. The van der Waals surface area contributed by atoms with Crippen LogP contribution >= 0.6 is 11.6 Å². The SMILES string of the molecule is COCC(=O)Nc1cccc(NS(=O)(=O)CC(C)CCl)c1. The van der Waals surface area contributed by atoms with Gasteiger partial charge in [-0.05, 0) is 24.1 Å². The summed E-state index contributed by atoms with van der Waals surface area (Å²) in [5, 5.41) is 2.60. The molecule has 0 aliphatic heterocycles. The van der Waals surface area contributed by atoms with E-state index in [1.54, 1.807) is 25.1 Å². The number of hydrogen-bond acceptors (Lipinski definition) is 4. The van der Waals surface area contributed by atoms with Crippen molar-refractivity contribution in [1.82, 2.24) is 0 Å². The number of sulfonamides is 1. The lowest BCUT2D eigenvalue weighted by molar-refractivity contribution is -0.119. The third-order valence-electron chi connectivity index (χ3n) is 2.46. The van der Waals surface area contributed by atoms with E-state index in [4.69, 9.17) is 16.3 Å². The number of hydrogen-bond donors (Lipinski definition) is 2. The summed E-state index contributed by atoms with van der Waals surface area (Å²) in [6.45, 7) is 1.69. The number of ether oxygens (including phenoxy) is 1. The summed E-state index contributed by atoms with van der Waals surface area (Å²) in [5.41, 5.74) is 0.870. The fraction of sp³-hybridized carbons (Fsp3) is 0.462. The van der Waals surface area contributed by atoms with E-state index in [-0.39, 0.29) is 30.1 Å². The molecule has 118 valence electrons. The Morgan fingerprint density at radius 3 is 2.67 bits per heavy atom. The lowest BCUT2D eigenvalue weighted by Gasteiger charge is -2.12. The van der Waals surface area contributed by atoms with Gasteiger partial charge >= 0.3 is 0 Å². The predicted molar refractivity (Wildman–Crippen MR) is 84.2 cm³/mol. The Balaban J connectivity index is 2.74. The zero-order chi connectivity index (χ0) is 15.9. The fourth-order valence-corrected chi connectivity index (χ4v) is 3.30. The molecule has 8 heteroatoms. The summed E-state index contributed by atoms with van der Waals surface area (Å²) in [6, 6.07) is 6.45. The molecule has 21 heavy (non-hydrogen) atoms. The number of amides is 1. The summed E-state index contributed by atoms with van der Waals surface area (Å²) < 4.78 is 31.0. The first-order chi connectivity index (χ1) is 9.86. The van der Waals surface area contributed by atoms with E-state index in [1.807, 2.05) is 0 Å². The minimum Gasteiger partial charge on any atom is -0.375 e. The molecule has 1 rings (SSSR count). The highest BCUT2D eigenvalue weighted by Crippen LogP contribution is 2.17. The van der Waals surface area contributed by atoms with Gasteiger partial charge in [-0.3, -0.25) is 9.52 Å². The molecule has 0 bridgehead atoms. The van der Waals surface area contributed by atoms with Gasteiger partial charge in [-0.15, -0.1) is 11.6 Å². The summed E-state index contributed by atoms with van der Waals surface area (Å²) in [7, 11) is -2.05. The number of methoxy groups -OCH3 is 1. The van der Waals surface area contributed by atoms with Crippen LogP contribution in [0, 0.1) is 5.92 Å².